The number of allylic oxidation sites excluding steroid dienone is 2. The van der Waals surface area contributed by atoms with Crippen molar-refractivity contribution in [1.82, 2.24) is 10.9 Å². The van der Waals surface area contributed by atoms with Gasteiger partial charge in [-0.2, -0.15) is 0 Å². The number of hydrazine groups is 1. The number of rotatable bonds is 36. The van der Waals surface area contributed by atoms with Crippen LogP contribution >= 0.6 is 0 Å². The summed E-state index contributed by atoms with van der Waals surface area (Å²) < 4.78 is 0. The summed E-state index contributed by atoms with van der Waals surface area (Å²) in [6.45, 7) is 3.01. The van der Waals surface area contributed by atoms with Crippen LogP contribution in [-0.2, 0) is 0 Å². The van der Waals surface area contributed by atoms with Gasteiger partial charge in [0.2, 0.25) is 0 Å². The Hall–Kier alpha value is -1.03. The van der Waals surface area contributed by atoms with Crippen molar-refractivity contribution in [2.75, 3.05) is 6.54 Å². The number of unbranched alkanes of at least 4 members (excludes halogenated alkanes) is 31. The molecule has 4 heteroatoms. The summed E-state index contributed by atoms with van der Waals surface area (Å²) in [4.78, 5) is 10.3. The van der Waals surface area contributed by atoms with Gasteiger partial charge in [-0.3, -0.25) is 5.43 Å². The van der Waals surface area contributed by atoms with Crippen molar-refractivity contribution in [3.05, 3.63) is 12.2 Å². The fourth-order valence-electron chi connectivity index (χ4n) is 5.96. The number of hydrogen-bond donors (Lipinski definition) is 3. The predicted octanol–water partition coefficient (Wildman–Crippen LogP) is 13.2. The maximum atomic E-state index is 10.3. The lowest BCUT2D eigenvalue weighted by molar-refractivity contribution is 0.189. The van der Waals surface area contributed by atoms with Gasteiger partial charge in [0.05, 0.1) is 0 Å². The van der Waals surface area contributed by atoms with Crippen molar-refractivity contribution in [3.8, 4) is 0 Å². The highest BCUT2D eigenvalue weighted by molar-refractivity contribution is 5.63. The van der Waals surface area contributed by atoms with Gasteiger partial charge in [-0.25, -0.2) is 10.2 Å². The molecule has 250 valence electrons. The summed E-state index contributed by atoms with van der Waals surface area (Å²) >= 11 is 0. The summed E-state index contributed by atoms with van der Waals surface area (Å²) in [5, 5.41) is 8.47. The fourth-order valence-corrected chi connectivity index (χ4v) is 5.96. The number of carboxylic acid groups (broad SMARTS) is 1. The van der Waals surface area contributed by atoms with Crippen LogP contribution in [0.15, 0.2) is 12.2 Å². The number of carbonyl (C=O) groups is 1. The van der Waals surface area contributed by atoms with Gasteiger partial charge in [-0.15, -0.1) is 0 Å². The molecule has 0 aromatic rings. The zero-order valence-electron chi connectivity index (χ0n) is 28.6. The Bertz CT molecular complexity index is 537. The number of nitrogens with one attached hydrogen (secondary N) is 2. The lowest BCUT2D eigenvalue weighted by Gasteiger charge is -2.05. The molecule has 42 heavy (non-hydrogen) atoms. The van der Waals surface area contributed by atoms with Crippen LogP contribution in [-0.4, -0.2) is 17.7 Å². The van der Waals surface area contributed by atoms with E-state index in [0.29, 0.717) is 0 Å². The third-order valence-corrected chi connectivity index (χ3v) is 8.76. The van der Waals surface area contributed by atoms with Crippen LogP contribution in [0.5, 0.6) is 0 Å². The molecule has 0 aromatic heterocycles. The zero-order chi connectivity index (χ0) is 30.4. The molecular formula is C38H76N2O2. The Labute approximate surface area is 264 Å². The standard InChI is InChI=1S/C38H76N2O2/c1-2-3-4-5-6-7-8-9-10-11-12-13-14-15-16-17-18-19-20-21-22-23-24-25-26-27-28-29-30-31-32-33-34-35-36-37-39-40-38(41)42/h6-7,39-40H,2-5,8-37H2,1H3,(H,41,42). The van der Waals surface area contributed by atoms with E-state index in [1.165, 1.54) is 205 Å². The molecule has 1 amide bonds. The molecule has 0 rings (SSSR count). The number of amides is 1. The Kier molecular flexibility index (Phi) is 37.1. The van der Waals surface area contributed by atoms with Crippen molar-refractivity contribution in [1.29, 1.82) is 0 Å². The average molecular weight is 593 g/mol. The van der Waals surface area contributed by atoms with Crippen LogP contribution in [0, 0.1) is 0 Å². The smallest absolute Gasteiger partial charge is 0.419 e. The van der Waals surface area contributed by atoms with E-state index in [-0.39, 0.29) is 0 Å². The summed E-state index contributed by atoms with van der Waals surface area (Å²) in [5.74, 6) is 0. The molecule has 0 aliphatic rings. The summed E-state index contributed by atoms with van der Waals surface area (Å²) in [6.07, 6.45) is 50.0. The zero-order valence-corrected chi connectivity index (χ0v) is 28.6. The quantitative estimate of drug-likeness (QED) is 0.0385. The van der Waals surface area contributed by atoms with E-state index in [1.807, 2.05) is 0 Å². The van der Waals surface area contributed by atoms with E-state index in [0.717, 1.165) is 13.0 Å². The molecular weight excluding hydrogens is 516 g/mol. The van der Waals surface area contributed by atoms with E-state index in [9.17, 15) is 4.79 Å². The minimum Gasteiger partial charge on any atom is -0.464 e. The number of hydrogen-bond acceptors (Lipinski definition) is 2. The Morgan fingerprint density at radius 1 is 0.429 bits per heavy atom. The Morgan fingerprint density at radius 3 is 0.976 bits per heavy atom. The van der Waals surface area contributed by atoms with E-state index in [1.54, 1.807) is 0 Å². The molecule has 0 saturated heterocycles. The normalized spacial score (nSPS) is 11.5. The Morgan fingerprint density at radius 2 is 0.690 bits per heavy atom. The van der Waals surface area contributed by atoms with E-state index in [4.69, 9.17) is 5.11 Å². The average Bonchev–Trinajstić information content (AvgIpc) is 2.98. The molecule has 0 radical (unpaired) electrons. The third kappa shape index (κ3) is 39.0. The summed E-state index contributed by atoms with van der Waals surface area (Å²) in [6, 6.07) is 0. The predicted molar refractivity (Wildman–Crippen MR) is 186 cm³/mol. The monoisotopic (exact) mass is 593 g/mol. The second-order valence-electron chi connectivity index (χ2n) is 13.0. The molecule has 0 fully saturated rings. The minimum absolute atomic E-state index is 0.727. The highest BCUT2D eigenvalue weighted by atomic mass is 16.4. The first kappa shape index (κ1) is 41.0. The van der Waals surface area contributed by atoms with Crippen LogP contribution in [0.3, 0.4) is 0 Å². The molecule has 0 atom stereocenters. The van der Waals surface area contributed by atoms with Crippen LogP contribution in [0.4, 0.5) is 4.79 Å². The van der Waals surface area contributed by atoms with Gasteiger partial charge in [-0.1, -0.05) is 199 Å². The molecule has 0 heterocycles. The third-order valence-electron chi connectivity index (χ3n) is 8.76. The minimum atomic E-state index is -1.01. The van der Waals surface area contributed by atoms with Crippen LogP contribution in [0.1, 0.15) is 219 Å². The van der Waals surface area contributed by atoms with E-state index >= 15 is 0 Å². The summed E-state index contributed by atoms with van der Waals surface area (Å²) in [7, 11) is 0. The Balaban J connectivity index is 3.06. The maximum Gasteiger partial charge on any atom is 0.419 e. The molecule has 0 saturated carbocycles. The lowest BCUT2D eigenvalue weighted by atomic mass is 10.0. The maximum absolute atomic E-state index is 10.3. The SMILES string of the molecule is CCCCCC=CCCCCCCCCCCCCCCCCCCCCCCCCCCCCCCNNC(=O)O. The highest BCUT2D eigenvalue weighted by Crippen LogP contribution is 2.16. The van der Waals surface area contributed by atoms with Gasteiger partial charge in [-0.05, 0) is 32.1 Å². The lowest BCUT2D eigenvalue weighted by Crippen LogP contribution is -2.36. The molecule has 0 bridgehead atoms. The first-order valence-electron chi connectivity index (χ1n) is 19.1. The van der Waals surface area contributed by atoms with Gasteiger partial charge in [0.1, 0.15) is 0 Å². The van der Waals surface area contributed by atoms with Gasteiger partial charge < -0.3 is 5.11 Å². The van der Waals surface area contributed by atoms with Gasteiger partial charge in [0, 0.05) is 6.54 Å². The van der Waals surface area contributed by atoms with Crippen molar-refractivity contribution in [2.24, 2.45) is 0 Å². The topological polar surface area (TPSA) is 61.4 Å². The van der Waals surface area contributed by atoms with Crippen LogP contribution < -0.4 is 10.9 Å². The van der Waals surface area contributed by atoms with Crippen LogP contribution in [0.25, 0.3) is 0 Å². The van der Waals surface area contributed by atoms with Crippen molar-refractivity contribution in [2.45, 2.75) is 219 Å². The molecule has 0 aromatic carbocycles. The molecule has 0 unspecified atom stereocenters. The first-order valence-corrected chi connectivity index (χ1v) is 19.1. The van der Waals surface area contributed by atoms with Gasteiger partial charge in [0.15, 0.2) is 0 Å². The van der Waals surface area contributed by atoms with E-state index < -0.39 is 6.09 Å². The van der Waals surface area contributed by atoms with Gasteiger partial charge in [0.25, 0.3) is 0 Å². The van der Waals surface area contributed by atoms with Crippen molar-refractivity contribution < 1.29 is 9.90 Å². The molecule has 0 spiro atoms. The van der Waals surface area contributed by atoms with Crippen LogP contribution in [0.2, 0.25) is 0 Å². The second kappa shape index (κ2) is 38.0. The second-order valence-corrected chi connectivity index (χ2v) is 13.0. The molecule has 3 N–H and O–H groups in total. The summed E-state index contributed by atoms with van der Waals surface area (Å²) in [5.41, 5.74) is 4.90. The van der Waals surface area contributed by atoms with Gasteiger partial charge >= 0.3 is 6.09 Å². The van der Waals surface area contributed by atoms with Crippen molar-refractivity contribution >= 4 is 6.09 Å². The first-order chi connectivity index (χ1) is 20.8. The van der Waals surface area contributed by atoms with E-state index in [2.05, 4.69) is 29.9 Å². The fraction of sp³-hybridized carbons (Fsp3) is 0.921. The molecule has 0 aliphatic heterocycles. The molecule has 4 nitrogen and oxygen atoms in total. The largest absolute Gasteiger partial charge is 0.464 e. The highest BCUT2D eigenvalue weighted by Gasteiger charge is 1.97. The molecule has 0 aliphatic carbocycles. The van der Waals surface area contributed by atoms with Crippen molar-refractivity contribution in [3.63, 3.8) is 0 Å².